The predicted octanol–water partition coefficient (Wildman–Crippen LogP) is 2.32. The Kier molecular flexibility index (Phi) is 4.83. The Balaban J connectivity index is 2.00. The van der Waals surface area contributed by atoms with Crippen LogP contribution in [0.5, 0.6) is 5.75 Å². The first-order chi connectivity index (χ1) is 9.95. The van der Waals surface area contributed by atoms with Crippen molar-refractivity contribution < 1.29 is 13.9 Å². The Morgan fingerprint density at radius 2 is 2.05 bits per heavy atom. The highest BCUT2D eigenvalue weighted by molar-refractivity contribution is 5.85. The van der Waals surface area contributed by atoms with Gasteiger partial charge in [-0.1, -0.05) is 6.07 Å². The summed E-state index contributed by atoms with van der Waals surface area (Å²) in [6.07, 6.45) is 2.28. The molecule has 0 aliphatic carbocycles. The smallest absolute Gasteiger partial charge is 0.240 e. The molecular weight excluding hydrogens is 271 g/mol. The number of amides is 1. The summed E-state index contributed by atoms with van der Waals surface area (Å²) >= 11 is 0. The van der Waals surface area contributed by atoms with Crippen molar-refractivity contribution in [1.29, 1.82) is 0 Å². The van der Waals surface area contributed by atoms with Gasteiger partial charge in [0.05, 0.1) is 12.6 Å². The van der Waals surface area contributed by atoms with Gasteiger partial charge in [-0.25, -0.2) is 4.39 Å². The summed E-state index contributed by atoms with van der Waals surface area (Å²) in [6, 6.07) is 4.33. The quantitative estimate of drug-likeness (QED) is 0.906. The second-order valence-corrected chi connectivity index (χ2v) is 5.89. The van der Waals surface area contributed by atoms with Crippen molar-refractivity contribution in [3.63, 3.8) is 0 Å². The summed E-state index contributed by atoms with van der Waals surface area (Å²) in [5.74, 6) is 0.0874. The topological polar surface area (TPSA) is 41.6 Å². The third-order valence-electron chi connectivity index (χ3n) is 4.14. The summed E-state index contributed by atoms with van der Waals surface area (Å²) in [4.78, 5) is 14.6. The molecule has 1 aromatic carbocycles. The van der Waals surface area contributed by atoms with Crippen molar-refractivity contribution in [3.8, 4) is 5.75 Å². The number of benzene rings is 1. The molecular formula is C16H23FN2O2. The maximum absolute atomic E-state index is 13.2. The van der Waals surface area contributed by atoms with E-state index in [4.69, 9.17) is 4.74 Å². The van der Waals surface area contributed by atoms with Crippen LogP contribution in [0.3, 0.4) is 0 Å². The number of hydrogen-bond acceptors (Lipinski definition) is 3. The Hall–Kier alpha value is -1.62. The molecule has 0 radical (unpaired) electrons. The number of rotatable bonds is 5. The lowest BCUT2D eigenvalue weighted by atomic mass is 10.0. The van der Waals surface area contributed by atoms with Crippen LogP contribution in [0.25, 0.3) is 0 Å². The number of halogens is 1. The molecule has 5 heteroatoms. The van der Waals surface area contributed by atoms with Crippen LogP contribution in [0.4, 0.5) is 4.39 Å². The summed E-state index contributed by atoms with van der Waals surface area (Å²) in [5, 5.41) is 2.93. The van der Waals surface area contributed by atoms with E-state index in [2.05, 4.69) is 10.2 Å². The first-order valence-corrected chi connectivity index (χ1v) is 7.31. The van der Waals surface area contributed by atoms with Gasteiger partial charge in [-0.2, -0.15) is 0 Å². The molecule has 1 heterocycles. The highest BCUT2D eigenvalue weighted by atomic mass is 19.1. The lowest BCUT2D eigenvalue weighted by Crippen LogP contribution is -2.53. The second-order valence-electron chi connectivity index (χ2n) is 5.89. The minimum Gasteiger partial charge on any atom is -0.496 e. The molecule has 1 aliphatic rings. The largest absolute Gasteiger partial charge is 0.496 e. The van der Waals surface area contributed by atoms with E-state index >= 15 is 0 Å². The van der Waals surface area contributed by atoms with Crippen LogP contribution in [0, 0.1) is 5.82 Å². The van der Waals surface area contributed by atoms with Gasteiger partial charge in [0.15, 0.2) is 0 Å². The standard InChI is InChI=1S/C16H23FN2O2/c1-16(2,19-8-4-5-9-19)15(20)18-11-12-6-7-13(17)10-14(12)21-3/h6-7,10H,4-5,8-9,11H2,1-3H3,(H,18,20). The van der Waals surface area contributed by atoms with Crippen LogP contribution < -0.4 is 10.1 Å². The average molecular weight is 294 g/mol. The summed E-state index contributed by atoms with van der Waals surface area (Å²) in [7, 11) is 1.49. The molecule has 2 rings (SSSR count). The van der Waals surface area contributed by atoms with E-state index < -0.39 is 5.54 Å². The van der Waals surface area contributed by atoms with E-state index in [9.17, 15) is 9.18 Å². The van der Waals surface area contributed by atoms with Crippen LogP contribution in [0.1, 0.15) is 32.3 Å². The van der Waals surface area contributed by atoms with Crippen molar-refractivity contribution in [2.24, 2.45) is 0 Å². The van der Waals surface area contributed by atoms with Crippen LogP contribution in [0.2, 0.25) is 0 Å². The molecule has 0 spiro atoms. The van der Waals surface area contributed by atoms with Gasteiger partial charge in [0.25, 0.3) is 0 Å². The number of likely N-dealkylation sites (tertiary alicyclic amines) is 1. The number of nitrogens with one attached hydrogen (secondary N) is 1. The highest BCUT2D eigenvalue weighted by Crippen LogP contribution is 2.22. The normalized spacial score (nSPS) is 16.0. The molecule has 1 aliphatic heterocycles. The molecule has 1 fully saturated rings. The van der Waals surface area contributed by atoms with Crippen molar-refractivity contribution in [2.75, 3.05) is 20.2 Å². The Morgan fingerprint density at radius 1 is 1.38 bits per heavy atom. The van der Waals surface area contributed by atoms with Crippen molar-refractivity contribution >= 4 is 5.91 Å². The van der Waals surface area contributed by atoms with Crippen molar-refractivity contribution in [1.82, 2.24) is 10.2 Å². The number of ether oxygens (including phenoxy) is 1. The van der Waals surface area contributed by atoms with Gasteiger partial charge < -0.3 is 10.1 Å². The predicted molar refractivity (Wildman–Crippen MR) is 79.7 cm³/mol. The molecule has 0 saturated carbocycles. The maximum atomic E-state index is 13.2. The minimum absolute atomic E-state index is 0.0178. The number of carbonyl (C=O) groups excluding carboxylic acids is 1. The minimum atomic E-state index is -0.524. The van der Waals surface area contributed by atoms with Crippen LogP contribution in [-0.2, 0) is 11.3 Å². The zero-order valence-electron chi connectivity index (χ0n) is 12.9. The lowest BCUT2D eigenvalue weighted by Gasteiger charge is -2.33. The molecule has 0 unspecified atom stereocenters. The van der Waals surface area contributed by atoms with Crippen molar-refractivity contribution in [2.45, 2.75) is 38.8 Å². The Labute approximate surface area is 125 Å². The van der Waals surface area contributed by atoms with E-state index in [-0.39, 0.29) is 11.7 Å². The highest BCUT2D eigenvalue weighted by Gasteiger charge is 2.35. The fourth-order valence-electron chi connectivity index (χ4n) is 2.68. The van der Waals surface area contributed by atoms with E-state index in [1.807, 2.05) is 13.8 Å². The van der Waals surface area contributed by atoms with Gasteiger partial charge in [-0.05, 0) is 45.8 Å². The van der Waals surface area contributed by atoms with Crippen LogP contribution >= 0.6 is 0 Å². The van der Waals surface area contributed by atoms with Gasteiger partial charge in [-0.3, -0.25) is 9.69 Å². The molecule has 4 nitrogen and oxygen atoms in total. The SMILES string of the molecule is COc1cc(F)ccc1CNC(=O)C(C)(C)N1CCCC1. The van der Waals surface area contributed by atoms with E-state index in [0.29, 0.717) is 12.3 Å². The molecule has 116 valence electrons. The molecule has 0 aromatic heterocycles. The first kappa shape index (κ1) is 15.8. The summed E-state index contributed by atoms with van der Waals surface area (Å²) in [6.45, 7) is 6.13. The molecule has 21 heavy (non-hydrogen) atoms. The Bertz CT molecular complexity index is 511. The molecule has 0 bridgehead atoms. The zero-order chi connectivity index (χ0) is 15.5. The summed E-state index contributed by atoms with van der Waals surface area (Å²) in [5.41, 5.74) is 0.244. The first-order valence-electron chi connectivity index (χ1n) is 7.31. The van der Waals surface area contributed by atoms with E-state index in [1.54, 1.807) is 6.07 Å². The van der Waals surface area contributed by atoms with Crippen molar-refractivity contribution in [3.05, 3.63) is 29.6 Å². The summed E-state index contributed by atoms with van der Waals surface area (Å²) < 4.78 is 18.3. The van der Waals surface area contributed by atoms with Gasteiger partial charge in [0.1, 0.15) is 11.6 Å². The van der Waals surface area contributed by atoms with Gasteiger partial charge in [-0.15, -0.1) is 0 Å². The van der Waals surface area contributed by atoms with Gasteiger partial charge in [0.2, 0.25) is 5.91 Å². The molecule has 1 N–H and O–H groups in total. The van der Waals surface area contributed by atoms with Crippen LogP contribution in [0.15, 0.2) is 18.2 Å². The molecule has 1 saturated heterocycles. The monoisotopic (exact) mass is 294 g/mol. The fraction of sp³-hybridized carbons (Fsp3) is 0.562. The molecule has 1 amide bonds. The number of hydrogen-bond donors (Lipinski definition) is 1. The number of nitrogens with zero attached hydrogens (tertiary/aromatic N) is 1. The molecule has 1 aromatic rings. The lowest BCUT2D eigenvalue weighted by molar-refractivity contribution is -0.131. The van der Waals surface area contributed by atoms with E-state index in [0.717, 1.165) is 31.5 Å². The third kappa shape index (κ3) is 3.53. The fourth-order valence-corrected chi connectivity index (χ4v) is 2.68. The van der Waals surface area contributed by atoms with E-state index in [1.165, 1.54) is 19.2 Å². The average Bonchev–Trinajstić information content (AvgIpc) is 3.00. The number of carbonyl (C=O) groups is 1. The second kappa shape index (κ2) is 6.43. The number of methoxy groups -OCH3 is 1. The molecule has 0 atom stereocenters. The zero-order valence-corrected chi connectivity index (χ0v) is 12.9. The third-order valence-corrected chi connectivity index (χ3v) is 4.14. The van der Waals surface area contributed by atoms with Gasteiger partial charge in [0, 0.05) is 18.2 Å². The Morgan fingerprint density at radius 3 is 2.67 bits per heavy atom. The maximum Gasteiger partial charge on any atom is 0.240 e. The van der Waals surface area contributed by atoms with Crippen LogP contribution in [-0.4, -0.2) is 36.5 Å². The van der Waals surface area contributed by atoms with Gasteiger partial charge >= 0.3 is 0 Å².